The van der Waals surface area contributed by atoms with Crippen LogP contribution >= 0.6 is 0 Å². The van der Waals surface area contributed by atoms with Gasteiger partial charge in [-0.2, -0.15) is 5.26 Å². The molecule has 4 rings (SSSR count). The van der Waals surface area contributed by atoms with E-state index in [2.05, 4.69) is 25.7 Å². The van der Waals surface area contributed by atoms with E-state index in [1.54, 1.807) is 25.4 Å². The van der Waals surface area contributed by atoms with Crippen molar-refractivity contribution in [1.82, 2.24) is 14.1 Å². The van der Waals surface area contributed by atoms with Gasteiger partial charge in [0.15, 0.2) is 0 Å². The number of rotatable bonds is 10. The molecule has 2 heterocycles. The van der Waals surface area contributed by atoms with Crippen LogP contribution < -0.4 is 4.74 Å². The summed E-state index contributed by atoms with van der Waals surface area (Å²) in [5, 5.41) is 10.3. The molecule has 0 radical (unpaired) electrons. The molecule has 0 aliphatic heterocycles. The van der Waals surface area contributed by atoms with Crippen LogP contribution in [0.15, 0.2) is 36.5 Å². The highest BCUT2D eigenvalue weighted by atomic mass is 28.3. The second-order valence-corrected chi connectivity index (χ2v) is 18.8. The maximum Gasteiger partial charge on any atom is 0.419 e. The number of carbonyl (C=O) groups is 2. The first-order valence-corrected chi connectivity index (χ1v) is 18.3. The summed E-state index contributed by atoms with van der Waals surface area (Å²) < 4.78 is 26.4. The van der Waals surface area contributed by atoms with Crippen molar-refractivity contribution < 1.29 is 28.5 Å². The second kappa shape index (κ2) is 12.8. The zero-order valence-corrected chi connectivity index (χ0v) is 28.1. The number of nitriles is 1. The Balaban J connectivity index is 1.96. The number of aryl methyl sites for hydroxylation is 1. The monoisotopic (exact) mass is 618 g/mol. The lowest BCUT2D eigenvalue weighted by atomic mass is 9.89. The largest absolute Gasteiger partial charge is 0.496 e. The summed E-state index contributed by atoms with van der Waals surface area (Å²) in [4.78, 5) is 31.2. The molecule has 234 valence electrons. The van der Waals surface area contributed by atoms with Gasteiger partial charge in [0.05, 0.1) is 54.7 Å². The number of benzene rings is 2. The van der Waals surface area contributed by atoms with E-state index >= 15 is 0 Å². The molecule has 0 fully saturated rings. The summed E-state index contributed by atoms with van der Waals surface area (Å²) in [5.41, 5.74) is 3.29. The van der Waals surface area contributed by atoms with Crippen molar-refractivity contribution >= 4 is 42.1 Å². The van der Waals surface area contributed by atoms with Gasteiger partial charge in [-0.05, 0) is 69.6 Å². The predicted octanol–water partition coefficient (Wildman–Crippen LogP) is 6.97. The molecule has 1 atom stereocenters. The Kier molecular flexibility index (Phi) is 9.56. The summed E-state index contributed by atoms with van der Waals surface area (Å²) in [6, 6.07) is 12.2. The van der Waals surface area contributed by atoms with Gasteiger partial charge in [0.1, 0.15) is 23.9 Å². The Morgan fingerprint density at radius 1 is 1.11 bits per heavy atom. The van der Waals surface area contributed by atoms with Gasteiger partial charge in [-0.1, -0.05) is 19.6 Å². The Morgan fingerprint density at radius 3 is 2.45 bits per heavy atom. The summed E-state index contributed by atoms with van der Waals surface area (Å²) in [6.45, 7) is 15.0. The molecule has 0 aliphatic carbocycles. The van der Waals surface area contributed by atoms with Crippen LogP contribution in [0, 0.1) is 18.3 Å². The Morgan fingerprint density at radius 2 is 1.84 bits per heavy atom. The van der Waals surface area contributed by atoms with E-state index < -0.39 is 31.7 Å². The fourth-order valence-corrected chi connectivity index (χ4v) is 6.00. The Labute approximate surface area is 259 Å². The molecule has 0 saturated heterocycles. The number of esters is 1. The van der Waals surface area contributed by atoms with E-state index in [4.69, 9.17) is 23.9 Å². The van der Waals surface area contributed by atoms with Crippen molar-refractivity contribution in [3.63, 3.8) is 0 Å². The average molecular weight is 619 g/mol. The number of imidazole rings is 1. The molecule has 4 aromatic rings. The van der Waals surface area contributed by atoms with Crippen molar-refractivity contribution in [2.45, 2.75) is 78.1 Å². The van der Waals surface area contributed by atoms with E-state index in [0.29, 0.717) is 40.3 Å². The smallest absolute Gasteiger partial charge is 0.419 e. The first kappa shape index (κ1) is 32.8. The van der Waals surface area contributed by atoms with Gasteiger partial charge in [-0.15, -0.1) is 0 Å². The molecule has 0 saturated carbocycles. The van der Waals surface area contributed by atoms with Crippen LogP contribution in [0.4, 0.5) is 4.79 Å². The third-order valence-electron chi connectivity index (χ3n) is 7.36. The van der Waals surface area contributed by atoms with Gasteiger partial charge >= 0.3 is 12.1 Å². The maximum atomic E-state index is 13.2. The first-order valence-electron chi connectivity index (χ1n) is 14.6. The number of nitrogens with zero attached hydrogens (tertiary/aromatic N) is 4. The first-order chi connectivity index (χ1) is 20.7. The predicted molar refractivity (Wildman–Crippen MR) is 172 cm³/mol. The van der Waals surface area contributed by atoms with Crippen molar-refractivity contribution in [3.05, 3.63) is 59.0 Å². The third-order valence-corrected chi connectivity index (χ3v) is 9.06. The molecule has 0 spiro atoms. The Bertz CT molecular complexity index is 1740. The molecule has 0 bridgehead atoms. The van der Waals surface area contributed by atoms with Gasteiger partial charge in [-0.3, -0.25) is 9.36 Å². The number of methoxy groups -OCH3 is 2. The zero-order valence-electron chi connectivity index (χ0n) is 27.1. The number of aromatic nitrogens is 3. The standard InChI is InChI=1S/C33H42N4O6Si/c1-21-16-27(40-5)29(23-12-13-36(30(21)23)32(39)43-33(2,3)4)24(18-28(38)41-6)31-35-25-17-22(19-34)10-11-26(25)37(31)20-42-14-15-44(7,8)9/h10-13,16-17,24H,14-15,18,20H2,1-9H3. The van der Waals surface area contributed by atoms with E-state index in [1.807, 2.05) is 50.5 Å². The van der Waals surface area contributed by atoms with Crippen LogP contribution in [0.5, 0.6) is 5.75 Å². The molecular weight excluding hydrogens is 576 g/mol. The number of hydrogen-bond donors (Lipinski definition) is 0. The molecule has 0 aliphatic rings. The summed E-state index contributed by atoms with van der Waals surface area (Å²) in [7, 11) is 1.59. The van der Waals surface area contributed by atoms with Gasteiger partial charge in [0, 0.05) is 31.8 Å². The number of ether oxygens (including phenoxy) is 4. The topological polar surface area (TPSA) is 118 Å². The minimum atomic E-state index is -1.33. The lowest BCUT2D eigenvalue weighted by Crippen LogP contribution is -2.27. The molecule has 44 heavy (non-hydrogen) atoms. The number of fused-ring (bicyclic) bond motifs is 2. The maximum absolute atomic E-state index is 13.2. The summed E-state index contributed by atoms with van der Waals surface area (Å²) in [5.74, 6) is 0.0191. The van der Waals surface area contributed by atoms with E-state index in [-0.39, 0.29) is 13.2 Å². The minimum absolute atomic E-state index is 0.0496. The number of carbonyl (C=O) groups excluding carboxylic acids is 2. The Hall–Kier alpha value is -4.14. The number of hydrogen-bond acceptors (Lipinski definition) is 8. The molecule has 10 nitrogen and oxygen atoms in total. The fraction of sp³-hybridized carbons (Fsp3) is 0.455. The fourth-order valence-electron chi connectivity index (χ4n) is 5.25. The van der Waals surface area contributed by atoms with Gasteiger partial charge < -0.3 is 23.5 Å². The minimum Gasteiger partial charge on any atom is -0.496 e. The molecule has 2 aromatic carbocycles. The summed E-state index contributed by atoms with van der Waals surface area (Å²) >= 11 is 0. The molecule has 2 aromatic heterocycles. The normalized spacial score (nSPS) is 12.7. The van der Waals surface area contributed by atoms with Crippen molar-refractivity contribution in [2.75, 3.05) is 20.8 Å². The van der Waals surface area contributed by atoms with Crippen LogP contribution in [-0.2, 0) is 25.7 Å². The molecule has 0 amide bonds. The zero-order chi connectivity index (χ0) is 32.4. The quantitative estimate of drug-likeness (QED) is 0.106. The van der Waals surface area contributed by atoms with Gasteiger partial charge in [0.25, 0.3) is 0 Å². The molecule has 0 N–H and O–H groups in total. The molecular formula is C33H42N4O6Si. The van der Waals surface area contributed by atoms with E-state index in [9.17, 15) is 14.9 Å². The van der Waals surface area contributed by atoms with Crippen LogP contribution in [-0.4, -0.2) is 60.7 Å². The SMILES string of the molecule is COC(=O)CC(c1c(OC)cc(C)c2c1ccn2C(=O)OC(C)(C)C)c1nc2cc(C#N)ccc2n1COCC[Si](C)(C)C. The lowest BCUT2D eigenvalue weighted by molar-refractivity contribution is -0.140. The van der Waals surface area contributed by atoms with Gasteiger partial charge in [-0.25, -0.2) is 9.78 Å². The van der Waals surface area contributed by atoms with Crippen LogP contribution in [0.2, 0.25) is 25.7 Å². The molecule has 1 unspecified atom stereocenters. The summed E-state index contributed by atoms with van der Waals surface area (Å²) in [6.07, 6.45) is 1.11. The molecule has 11 heteroatoms. The highest BCUT2D eigenvalue weighted by Gasteiger charge is 2.32. The van der Waals surface area contributed by atoms with Crippen LogP contribution in [0.25, 0.3) is 21.9 Å². The van der Waals surface area contributed by atoms with Crippen molar-refractivity contribution in [3.8, 4) is 11.8 Å². The van der Waals surface area contributed by atoms with Crippen LogP contribution in [0.1, 0.15) is 55.6 Å². The average Bonchev–Trinajstić information content (AvgIpc) is 3.55. The van der Waals surface area contributed by atoms with E-state index in [1.165, 1.54) is 11.7 Å². The van der Waals surface area contributed by atoms with Crippen molar-refractivity contribution in [1.29, 1.82) is 5.26 Å². The lowest BCUT2D eigenvalue weighted by Gasteiger charge is -2.23. The highest BCUT2D eigenvalue weighted by molar-refractivity contribution is 6.76. The third kappa shape index (κ3) is 7.14. The van der Waals surface area contributed by atoms with Crippen LogP contribution in [0.3, 0.4) is 0 Å². The van der Waals surface area contributed by atoms with E-state index in [0.717, 1.165) is 22.5 Å². The highest BCUT2D eigenvalue weighted by Crippen LogP contribution is 2.42. The van der Waals surface area contributed by atoms with Gasteiger partial charge in [0.2, 0.25) is 0 Å². The van der Waals surface area contributed by atoms with Crippen molar-refractivity contribution in [2.24, 2.45) is 0 Å². The second-order valence-electron chi connectivity index (χ2n) is 13.1.